The zero-order valence-electron chi connectivity index (χ0n) is 14.0. The minimum absolute atomic E-state index is 0. The average molecular weight is 396 g/mol. The van der Waals surface area contributed by atoms with Crippen LogP contribution in [0.4, 0.5) is 5.13 Å². The Kier molecular flexibility index (Phi) is 6.79. The molecule has 25 heavy (non-hydrogen) atoms. The summed E-state index contributed by atoms with van der Waals surface area (Å²) in [6.45, 7) is 1.29. The van der Waals surface area contributed by atoms with Crippen LogP contribution in [0.2, 0.25) is 5.02 Å². The van der Waals surface area contributed by atoms with E-state index in [0.29, 0.717) is 22.3 Å². The molecule has 3 rings (SSSR count). The first kappa shape index (κ1) is 19.7. The standard InChI is InChI=1S/C18H18ClN3OS.ClH/c1-21(2)11-12-22(17(23)13-7-3-4-8-14(13)19)18-20-15-9-5-6-10-16(15)24-18;/h3-10H,11-12H2,1-2H3;1H. The highest BCUT2D eigenvalue weighted by molar-refractivity contribution is 7.22. The van der Waals surface area contributed by atoms with Gasteiger partial charge < -0.3 is 4.90 Å². The first-order valence-corrected chi connectivity index (χ1v) is 8.82. The summed E-state index contributed by atoms with van der Waals surface area (Å²) in [4.78, 5) is 21.4. The molecule has 0 radical (unpaired) electrons. The molecule has 1 aromatic heterocycles. The fourth-order valence-electron chi connectivity index (χ4n) is 2.34. The van der Waals surface area contributed by atoms with Gasteiger partial charge >= 0.3 is 0 Å². The number of amides is 1. The lowest BCUT2D eigenvalue weighted by Gasteiger charge is -2.22. The number of carbonyl (C=O) groups is 1. The summed E-state index contributed by atoms with van der Waals surface area (Å²) in [7, 11) is 3.97. The molecular formula is C18H19Cl2N3OS. The average Bonchev–Trinajstić information content (AvgIpc) is 2.98. The lowest BCUT2D eigenvalue weighted by Crippen LogP contribution is -2.36. The minimum atomic E-state index is -0.124. The molecule has 0 N–H and O–H groups in total. The normalized spacial score (nSPS) is 10.7. The topological polar surface area (TPSA) is 36.4 Å². The maximum atomic E-state index is 13.0. The Morgan fingerprint density at radius 2 is 1.76 bits per heavy atom. The van der Waals surface area contributed by atoms with Gasteiger partial charge in [0.05, 0.1) is 20.8 Å². The number of anilines is 1. The van der Waals surface area contributed by atoms with Gasteiger partial charge in [0.15, 0.2) is 5.13 Å². The Morgan fingerprint density at radius 3 is 2.44 bits per heavy atom. The van der Waals surface area contributed by atoms with Crippen LogP contribution in [0.3, 0.4) is 0 Å². The van der Waals surface area contributed by atoms with E-state index in [4.69, 9.17) is 11.6 Å². The molecule has 0 fully saturated rings. The number of fused-ring (bicyclic) bond motifs is 1. The molecule has 0 atom stereocenters. The van der Waals surface area contributed by atoms with E-state index in [1.54, 1.807) is 17.0 Å². The van der Waals surface area contributed by atoms with Crippen molar-refractivity contribution in [2.75, 3.05) is 32.1 Å². The first-order chi connectivity index (χ1) is 11.6. The van der Waals surface area contributed by atoms with Crippen LogP contribution < -0.4 is 4.90 Å². The van der Waals surface area contributed by atoms with Crippen LogP contribution >= 0.6 is 35.3 Å². The van der Waals surface area contributed by atoms with E-state index in [2.05, 4.69) is 4.98 Å². The third kappa shape index (κ3) is 4.50. The van der Waals surface area contributed by atoms with Crippen LogP contribution in [0.15, 0.2) is 48.5 Å². The van der Waals surface area contributed by atoms with Crippen LogP contribution in [0.1, 0.15) is 10.4 Å². The van der Waals surface area contributed by atoms with Crippen molar-refractivity contribution in [1.29, 1.82) is 0 Å². The van der Waals surface area contributed by atoms with E-state index >= 15 is 0 Å². The van der Waals surface area contributed by atoms with Gasteiger partial charge in [0.1, 0.15) is 0 Å². The lowest BCUT2D eigenvalue weighted by molar-refractivity contribution is 0.0985. The van der Waals surface area contributed by atoms with Crippen molar-refractivity contribution in [3.05, 3.63) is 59.1 Å². The van der Waals surface area contributed by atoms with E-state index in [9.17, 15) is 4.79 Å². The molecular weight excluding hydrogens is 377 g/mol. The molecule has 7 heteroatoms. The van der Waals surface area contributed by atoms with Gasteiger partial charge in [0.2, 0.25) is 0 Å². The van der Waals surface area contributed by atoms with Crippen LogP contribution in [0.5, 0.6) is 0 Å². The van der Waals surface area contributed by atoms with Crippen LogP contribution in [0, 0.1) is 0 Å². The Morgan fingerprint density at radius 1 is 1.08 bits per heavy atom. The fourth-order valence-corrected chi connectivity index (χ4v) is 3.55. The number of aromatic nitrogens is 1. The molecule has 2 aromatic carbocycles. The molecule has 0 spiro atoms. The number of hydrogen-bond donors (Lipinski definition) is 0. The van der Waals surface area contributed by atoms with Gasteiger partial charge in [-0.25, -0.2) is 4.98 Å². The number of thiazole rings is 1. The van der Waals surface area contributed by atoms with Crippen molar-refractivity contribution in [2.45, 2.75) is 0 Å². The second kappa shape index (κ2) is 8.63. The number of nitrogens with zero attached hydrogens (tertiary/aromatic N) is 3. The smallest absolute Gasteiger partial charge is 0.261 e. The number of rotatable bonds is 5. The van der Waals surface area contributed by atoms with Gasteiger partial charge in [-0.1, -0.05) is 47.2 Å². The zero-order chi connectivity index (χ0) is 17.1. The van der Waals surface area contributed by atoms with Gasteiger partial charge in [0.25, 0.3) is 5.91 Å². The molecule has 3 aromatic rings. The molecule has 1 amide bonds. The summed E-state index contributed by atoms with van der Waals surface area (Å²) in [6, 6.07) is 15.0. The predicted molar refractivity (Wildman–Crippen MR) is 109 cm³/mol. The van der Waals surface area contributed by atoms with Crippen molar-refractivity contribution < 1.29 is 4.79 Å². The van der Waals surface area contributed by atoms with Crippen molar-refractivity contribution in [1.82, 2.24) is 9.88 Å². The highest BCUT2D eigenvalue weighted by atomic mass is 35.5. The van der Waals surface area contributed by atoms with Crippen LogP contribution in [-0.2, 0) is 0 Å². The van der Waals surface area contributed by atoms with E-state index in [0.717, 1.165) is 16.8 Å². The van der Waals surface area contributed by atoms with Gasteiger partial charge in [0, 0.05) is 13.1 Å². The third-order valence-electron chi connectivity index (χ3n) is 3.63. The first-order valence-electron chi connectivity index (χ1n) is 7.63. The summed E-state index contributed by atoms with van der Waals surface area (Å²) in [6.07, 6.45) is 0. The van der Waals surface area contributed by atoms with Crippen LogP contribution in [0.25, 0.3) is 10.2 Å². The Bertz CT molecular complexity index is 833. The van der Waals surface area contributed by atoms with Crippen molar-refractivity contribution in [2.24, 2.45) is 0 Å². The summed E-state index contributed by atoms with van der Waals surface area (Å²) in [5.41, 5.74) is 1.40. The highest BCUT2D eigenvalue weighted by Gasteiger charge is 2.22. The van der Waals surface area contributed by atoms with Gasteiger partial charge in [-0.15, -0.1) is 12.4 Å². The predicted octanol–water partition coefficient (Wildman–Crippen LogP) is 4.58. The Labute approximate surface area is 162 Å². The van der Waals surface area contributed by atoms with E-state index < -0.39 is 0 Å². The largest absolute Gasteiger partial charge is 0.308 e. The monoisotopic (exact) mass is 395 g/mol. The van der Waals surface area contributed by atoms with Gasteiger partial charge in [-0.3, -0.25) is 9.69 Å². The lowest BCUT2D eigenvalue weighted by atomic mass is 10.2. The summed E-state index contributed by atoms with van der Waals surface area (Å²) in [5, 5.41) is 1.15. The maximum Gasteiger partial charge on any atom is 0.261 e. The molecule has 0 saturated heterocycles. The number of hydrogen-bond acceptors (Lipinski definition) is 4. The SMILES string of the molecule is CN(C)CCN(C(=O)c1ccccc1Cl)c1nc2ccccc2s1.Cl. The Balaban J connectivity index is 0.00000225. The third-order valence-corrected chi connectivity index (χ3v) is 5.02. The second-order valence-electron chi connectivity index (χ2n) is 5.70. The molecule has 0 unspecified atom stereocenters. The number of carbonyl (C=O) groups excluding carboxylic acids is 1. The molecule has 132 valence electrons. The van der Waals surface area contributed by atoms with Crippen LogP contribution in [-0.4, -0.2) is 43.0 Å². The number of halogens is 2. The van der Waals surface area contributed by atoms with Crippen molar-refractivity contribution >= 4 is 56.6 Å². The summed E-state index contributed by atoms with van der Waals surface area (Å²) >= 11 is 7.74. The highest BCUT2D eigenvalue weighted by Crippen LogP contribution is 2.30. The van der Waals surface area contributed by atoms with Gasteiger partial charge in [-0.2, -0.15) is 0 Å². The second-order valence-corrected chi connectivity index (χ2v) is 7.12. The molecule has 0 bridgehead atoms. The molecule has 4 nitrogen and oxygen atoms in total. The number of benzene rings is 2. The molecule has 0 aliphatic rings. The fraction of sp³-hybridized carbons (Fsp3) is 0.222. The minimum Gasteiger partial charge on any atom is -0.308 e. The van der Waals surface area contributed by atoms with Crippen molar-refractivity contribution in [3.8, 4) is 0 Å². The molecule has 1 heterocycles. The molecule has 0 saturated carbocycles. The van der Waals surface area contributed by atoms with Gasteiger partial charge in [-0.05, 0) is 38.4 Å². The zero-order valence-corrected chi connectivity index (χ0v) is 16.4. The van der Waals surface area contributed by atoms with E-state index in [1.165, 1.54) is 11.3 Å². The quantitative estimate of drug-likeness (QED) is 0.634. The Hall–Kier alpha value is -1.66. The van der Waals surface area contributed by atoms with E-state index in [1.807, 2.05) is 55.4 Å². The molecule has 0 aliphatic heterocycles. The summed E-state index contributed by atoms with van der Waals surface area (Å²) < 4.78 is 1.06. The van der Waals surface area contributed by atoms with E-state index in [-0.39, 0.29) is 18.3 Å². The van der Waals surface area contributed by atoms with Crippen molar-refractivity contribution in [3.63, 3.8) is 0 Å². The molecule has 0 aliphatic carbocycles. The number of likely N-dealkylation sites (N-methyl/N-ethyl adjacent to an activating group) is 1. The summed E-state index contributed by atoms with van der Waals surface area (Å²) in [5.74, 6) is -0.124. The number of para-hydroxylation sites is 1. The maximum absolute atomic E-state index is 13.0.